The number of aromatic carboxylic acids is 1. The molecule has 1 aromatic heterocycles. The molecular weight excluding hydrogens is 258 g/mol. The first-order chi connectivity index (χ1) is 8.13. The lowest BCUT2D eigenvalue weighted by Crippen LogP contribution is -2.21. The van der Waals surface area contributed by atoms with Gasteiger partial charge in [0, 0.05) is 11.3 Å². The zero-order valence-electron chi connectivity index (χ0n) is 9.56. The van der Waals surface area contributed by atoms with Gasteiger partial charge in [-0.1, -0.05) is 0 Å². The Morgan fingerprint density at radius 1 is 1.47 bits per heavy atom. The van der Waals surface area contributed by atoms with Gasteiger partial charge in [0.2, 0.25) is 5.91 Å². The van der Waals surface area contributed by atoms with Crippen molar-refractivity contribution in [3.05, 3.63) is 21.9 Å². The molecule has 0 aliphatic heterocycles. The van der Waals surface area contributed by atoms with E-state index in [-0.39, 0.29) is 5.91 Å². The van der Waals surface area contributed by atoms with Gasteiger partial charge in [0.05, 0.1) is 6.54 Å². The minimum absolute atomic E-state index is 0.0179. The first-order valence-electron chi connectivity index (χ1n) is 5.21. The van der Waals surface area contributed by atoms with Crippen LogP contribution in [0.25, 0.3) is 0 Å². The third kappa shape index (κ3) is 5.23. The maximum atomic E-state index is 11.4. The van der Waals surface area contributed by atoms with E-state index in [9.17, 15) is 9.59 Å². The fourth-order valence-corrected chi connectivity index (χ4v) is 2.46. The largest absolute Gasteiger partial charge is 0.477 e. The average molecular weight is 273 g/mol. The van der Waals surface area contributed by atoms with Crippen molar-refractivity contribution >= 4 is 35.0 Å². The standard InChI is InChI=1S/C11H15NO3S2/c1-16-6-2-3-10(13)12-7-8-4-5-9(17-8)11(14)15/h4-5H,2-3,6-7H2,1H3,(H,12,13)(H,14,15). The lowest BCUT2D eigenvalue weighted by atomic mass is 10.3. The number of amides is 1. The minimum atomic E-state index is -0.924. The van der Waals surface area contributed by atoms with E-state index in [2.05, 4.69) is 5.32 Å². The number of hydrogen-bond donors (Lipinski definition) is 2. The third-order valence-electron chi connectivity index (χ3n) is 2.08. The molecule has 1 aromatic rings. The Hall–Kier alpha value is -1.01. The fourth-order valence-electron chi connectivity index (χ4n) is 1.24. The molecule has 0 unspecified atom stereocenters. The van der Waals surface area contributed by atoms with Crippen molar-refractivity contribution in [3.8, 4) is 0 Å². The molecule has 4 nitrogen and oxygen atoms in total. The maximum absolute atomic E-state index is 11.4. The minimum Gasteiger partial charge on any atom is -0.477 e. The van der Waals surface area contributed by atoms with Crippen molar-refractivity contribution in [1.29, 1.82) is 0 Å². The van der Waals surface area contributed by atoms with Gasteiger partial charge in [-0.15, -0.1) is 11.3 Å². The summed E-state index contributed by atoms with van der Waals surface area (Å²) in [5, 5.41) is 11.5. The molecule has 0 spiro atoms. The van der Waals surface area contributed by atoms with Crippen molar-refractivity contribution in [2.24, 2.45) is 0 Å². The predicted molar refractivity (Wildman–Crippen MR) is 70.7 cm³/mol. The Bertz CT molecular complexity index is 390. The second kappa shape index (κ2) is 7.34. The molecule has 0 saturated heterocycles. The van der Waals surface area contributed by atoms with Gasteiger partial charge in [-0.3, -0.25) is 4.79 Å². The number of nitrogens with one attached hydrogen (secondary N) is 1. The van der Waals surface area contributed by atoms with Crippen LogP contribution in [-0.4, -0.2) is 29.0 Å². The molecule has 0 atom stereocenters. The van der Waals surface area contributed by atoms with Gasteiger partial charge in [-0.05, 0) is 30.6 Å². The zero-order valence-corrected chi connectivity index (χ0v) is 11.2. The van der Waals surface area contributed by atoms with E-state index in [0.717, 1.165) is 17.1 Å². The van der Waals surface area contributed by atoms with Gasteiger partial charge in [0.1, 0.15) is 4.88 Å². The third-order valence-corrected chi connectivity index (χ3v) is 3.85. The summed E-state index contributed by atoms with van der Waals surface area (Å²) in [6.07, 6.45) is 3.41. The van der Waals surface area contributed by atoms with Gasteiger partial charge in [-0.2, -0.15) is 11.8 Å². The molecule has 6 heteroatoms. The van der Waals surface area contributed by atoms with Crippen LogP contribution < -0.4 is 5.32 Å². The van der Waals surface area contributed by atoms with Crippen LogP contribution in [0.2, 0.25) is 0 Å². The molecule has 94 valence electrons. The van der Waals surface area contributed by atoms with E-state index in [4.69, 9.17) is 5.11 Å². The number of carbonyl (C=O) groups excluding carboxylic acids is 1. The quantitative estimate of drug-likeness (QED) is 0.747. The average Bonchev–Trinajstić information content (AvgIpc) is 2.75. The molecule has 1 heterocycles. The van der Waals surface area contributed by atoms with E-state index < -0.39 is 5.97 Å². The molecule has 0 aliphatic carbocycles. The Balaban J connectivity index is 2.29. The fraction of sp³-hybridized carbons (Fsp3) is 0.455. The number of carboxylic acids is 1. The Morgan fingerprint density at radius 3 is 2.82 bits per heavy atom. The van der Waals surface area contributed by atoms with Crippen LogP contribution in [0, 0.1) is 0 Å². The van der Waals surface area contributed by atoms with Crippen LogP contribution >= 0.6 is 23.1 Å². The van der Waals surface area contributed by atoms with Gasteiger partial charge in [-0.25, -0.2) is 4.79 Å². The van der Waals surface area contributed by atoms with Gasteiger partial charge in [0.25, 0.3) is 0 Å². The number of carbonyl (C=O) groups is 2. The second-order valence-corrected chi connectivity index (χ2v) is 5.60. The van der Waals surface area contributed by atoms with E-state index in [1.54, 1.807) is 23.9 Å². The highest BCUT2D eigenvalue weighted by molar-refractivity contribution is 7.98. The molecule has 17 heavy (non-hydrogen) atoms. The van der Waals surface area contributed by atoms with Crippen LogP contribution in [0.15, 0.2) is 12.1 Å². The topological polar surface area (TPSA) is 66.4 Å². The van der Waals surface area contributed by atoms with Crippen molar-refractivity contribution in [1.82, 2.24) is 5.32 Å². The van der Waals surface area contributed by atoms with E-state index in [1.807, 2.05) is 6.26 Å². The molecule has 0 fully saturated rings. The maximum Gasteiger partial charge on any atom is 0.345 e. The molecule has 0 radical (unpaired) electrons. The van der Waals surface area contributed by atoms with Crippen LogP contribution in [0.3, 0.4) is 0 Å². The highest BCUT2D eigenvalue weighted by Crippen LogP contribution is 2.16. The monoisotopic (exact) mass is 273 g/mol. The number of rotatable bonds is 7. The summed E-state index contributed by atoms with van der Waals surface area (Å²) in [6, 6.07) is 3.29. The first kappa shape index (κ1) is 14.1. The SMILES string of the molecule is CSCCCC(=O)NCc1ccc(C(=O)O)s1. The number of hydrogen-bond acceptors (Lipinski definition) is 4. The number of thioether (sulfide) groups is 1. The molecule has 1 amide bonds. The lowest BCUT2D eigenvalue weighted by molar-refractivity contribution is -0.121. The summed E-state index contributed by atoms with van der Waals surface area (Å²) in [4.78, 5) is 23.2. The molecule has 1 rings (SSSR count). The molecular formula is C11H15NO3S2. The highest BCUT2D eigenvalue weighted by atomic mass is 32.2. The molecule has 0 aliphatic rings. The van der Waals surface area contributed by atoms with Crippen LogP contribution in [0.5, 0.6) is 0 Å². The van der Waals surface area contributed by atoms with Crippen molar-refractivity contribution < 1.29 is 14.7 Å². The van der Waals surface area contributed by atoms with Crippen LogP contribution in [-0.2, 0) is 11.3 Å². The zero-order chi connectivity index (χ0) is 12.7. The molecule has 0 saturated carbocycles. The van der Waals surface area contributed by atoms with Crippen molar-refractivity contribution in [2.45, 2.75) is 19.4 Å². The number of carboxylic acid groups (broad SMARTS) is 1. The lowest BCUT2D eigenvalue weighted by Gasteiger charge is -2.02. The molecule has 2 N–H and O–H groups in total. The Kier molecular flexibility index (Phi) is 6.07. The van der Waals surface area contributed by atoms with Crippen molar-refractivity contribution in [3.63, 3.8) is 0 Å². The highest BCUT2D eigenvalue weighted by Gasteiger charge is 2.07. The van der Waals surface area contributed by atoms with E-state index >= 15 is 0 Å². The summed E-state index contributed by atoms with van der Waals surface area (Å²) in [7, 11) is 0. The summed E-state index contributed by atoms with van der Waals surface area (Å²) in [6.45, 7) is 0.413. The van der Waals surface area contributed by atoms with Crippen LogP contribution in [0.4, 0.5) is 0 Å². The Labute approximate surface area is 108 Å². The second-order valence-electron chi connectivity index (χ2n) is 3.44. The predicted octanol–water partition coefficient (Wildman–Crippen LogP) is 2.21. The first-order valence-corrected chi connectivity index (χ1v) is 7.42. The summed E-state index contributed by atoms with van der Waals surface area (Å²) >= 11 is 2.91. The summed E-state index contributed by atoms with van der Waals surface area (Å²) in [5.41, 5.74) is 0. The normalized spacial score (nSPS) is 10.2. The summed E-state index contributed by atoms with van der Waals surface area (Å²) < 4.78 is 0. The van der Waals surface area contributed by atoms with E-state index in [0.29, 0.717) is 17.8 Å². The van der Waals surface area contributed by atoms with Gasteiger partial charge >= 0.3 is 5.97 Å². The van der Waals surface area contributed by atoms with Crippen molar-refractivity contribution in [2.75, 3.05) is 12.0 Å². The molecule has 0 bridgehead atoms. The van der Waals surface area contributed by atoms with E-state index in [1.165, 1.54) is 11.3 Å². The summed E-state index contributed by atoms with van der Waals surface area (Å²) in [5.74, 6) is 0.0761. The smallest absolute Gasteiger partial charge is 0.345 e. The van der Waals surface area contributed by atoms with Gasteiger partial charge in [0.15, 0.2) is 0 Å². The number of thiophene rings is 1. The van der Waals surface area contributed by atoms with Gasteiger partial charge < -0.3 is 10.4 Å². The molecule has 0 aromatic carbocycles. The van der Waals surface area contributed by atoms with Crippen LogP contribution in [0.1, 0.15) is 27.4 Å². The Morgan fingerprint density at radius 2 is 2.24 bits per heavy atom.